The Morgan fingerprint density at radius 3 is 2.00 bits per heavy atom. The van der Waals surface area contributed by atoms with E-state index >= 15 is 0 Å². The smallest absolute Gasteiger partial charge is 0.277 e. The number of nitrogens with one attached hydrogen (secondary N) is 2. The van der Waals surface area contributed by atoms with Crippen LogP contribution in [0.4, 0.5) is 4.79 Å². The zero-order chi connectivity index (χ0) is 12.1. The van der Waals surface area contributed by atoms with E-state index < -0.39 is 28.7 Å². The molecule has 5 heteroatoms. The lowest BCUT2D eigenvalue weighted by molar-refractivity contribution is -0.154. The standard InChI is InChI=1S/C11H16N2O3/c1-6-4-5-10(2,3)11(6)7(14)12-9(16)13-8(11)15/h6H,4-5H2,1-3H3,(H2,12,13,14,15,16). The number of imide groups is 2. The van der Waals surface area contributed by atoms with Gasteiger partial charge in [0.05, 0.1) is 0 Å². The Balaban J connectivity index is 2.53. The third kappa shape index (κ3) is 1.08. The van der Waals surface area contributed by atoms with Gasteiger partial charge >= 0.3 is 6.03 Å². The van der Waals surface area contributed by atoms with Gasteiger partial charge in [0.1, 0.15) is 5.41 Å². The molecule has 1 heterocycles. The third-order valence-corrected chi connectivity index (χ3v) is 4.18. The van der Waals surface area contributed by atoms with Gasteiger partial charge in [0.25, 0.3) is 0 Å². The van der Waals surface area contributed by atoms with E-state index in [1.807, 2.05) is 20.8 Å². The second kappa shape index (κ2) is 3.06. The molecule has 0 aromatic heterocycles. The molecular formula is C11H16N2O3. The van der Waals surface area contributed by atoms with Gasteiger partial charge in [0, 0.05) is 0 Å². The number of hydrogen-bond acceptors (Lipinski definition) is 3. The molecule has 0 bridgehead atoms. The number of amides is 4. The van der Waals surface area contributed by atoms with Crippen molar-refractivity contribution in [3.63, 3.8) is 0 Å². The van der Waals surface area contributed by atoms with Gasteiger partial charge < -0.3 is 0 Å². The summed E-state index contributed by atoms with van der Waals surface area (Å²) in [5, 5.41) is 4.44. The molecule has 1 spiro atoms. The van der Waals surface area contributed by atoms with Gasteiger partial charge in [-0.15, -0.1) is 0 Å². The van der Waals surface area contributed by atoms with Crippen LogP contribution >= 0.6 is 0 Å². The van der Waals surface area contributed by atoms with Gasteiger partial charge in [0.15, 0.2) is 0 Å². The second-order valence-electron chi connectivity index (χ2n) is 5.37. The summed E-state index contributed by atoms with van der Waals surface area (Å²) < 4.78 is 0. The Bertz CT molecular complexity index is 367. The number of barbiturate groups is 1. The van der Waals surface area contributed by atoms with Crippen LogP contribution in [0.2, 0.25) is 0 Å². The van der Waals surface area contributed by atoms with Crippen LogP contribution in [-0.2, 0) is 9.59 Å². The number of hydrogen-bond donors (Lipinski definition) is 2. The van der Waals surface area contributed by atoms with Crippen LogP contribution in [0.5, 0.6) is 0 Å². The molecule has 1 aliphatic carbocycles. The zero-order valence-corrected chi connectivity index (χ0v) is 9.72. The van der Waals surface area contributed by atoms with Crippen molar-refractivity contribution in [3.05, 3.63) is 0 Å². The van der Waals surface area contributed by atoms with Crippen LogP contribution in [-0.4, -0.2) is 17.8 Å². The normalized spacial score (nSPS) is 31.4. The lowest BCUT2D eigenvalue weighted by atomic mass is 9.62. The molecule has 2 aliphatic rings. The van der Waals surface area contributed by atoms with E-state index in [2.05, 4.69) is 10.6 Å². The Kier molecular flexibility index (Phi) is 2.12. The maximum Gasteiger partial charge on any atom is 0.328 e. The summed E-state index contributed by atoms with van der Waals surface area (Å²) in [6, 6.07) is -0.712. The number of rotatable bonds is 0. The van der Waals surface area contributed by atoms with Crippen molar-refractivity contribution in [2.75, 3.05) is 0 Å². The Hall–Kier alpha value is -1.39. The van der Waals surface area contributed by atoms with E-state index in [-0.39, 0.29) is 5.92 Å². The highest BCUT2D eigenvalue weighted by atomic mass is 16.2. The van der Waals surface area contributed by atoms with Crippen LogP contribution < -0.4 is 10.6 Å². The van der Waals surface area contributed by atoms with Crippen molar-refractivity contribution < 1.29 is 14.4 Å². The van der Waals surface area contributed by atoms with Crippen LogP contribution in [0.3, 0.4) is 0 Å². The number of urea groups is 1. The summed E-state index contributed by atoms with van der Waals surface area (Å²) in [7, 11) is 0. The highest BCUT2D eigenvalue weighted by Gasteiger charge is 2.65. The fourth-order valence-electron chi connectivity index (χ4n) is 3.26. The predicted octanol–water partition coefficient (Wildman–Crippen LogP) is 0.795. The van der Waals surface area contributed by atoms with Crippen LogP contribution in [0.15, 0.2) is 0 Å². The van der Waals surface area contributed by atoms with E-state index in [0.29, 0.717) is 0 Å². The topological polar surface area (TPSA) is 75.3 Å². The summed E-state index contributed by atoms with van der Waals surface area (Å²) >= 11 is 0. The lowest BCUT2D eigenvalue weighted by Gasteiger charge is -2.43. The highest BCUT2D eigenvalue weighted by Crippen LogP contribution is 2.56. The van der Waals surface area contributed by atoms with E-state index in [4.69, 9.17) is 0 Å². The first-order valence-corrected chi connectivity index (χ1v) is 5.49. The molecule has 1 saturated carbocycles. The van der Waals surface area contributed by atoms with E-state index in [1.54, 1.807) is 0 Å². The maximum atomic E-state index is 12.1. The maximum absolute atomic E-state index is 12.1. The molecule has 2 fully saturated rings. The molecule has 16 heavy (non-hydrogen) atoms. The first-order valence-electron chi connectivity index (χ1n) is 5.49. The average molecular weight is 224 g/mol. The zero-order valence-electron chi connectivity index (χ0n) is 9.72. The van der Waals surface area contributed by atoms with Crippen LogP contribution in [0, 0.1) is 16.7 Å². The quantitative estimate of drug-likeness (QED) is 0.597. The Morgan fingerprint density at radius 2 is 1.62 bits per heavy atom. The summed E-state index contributed by atoms with van der Waals surface area (Å²) in [4.78, 5) is 35.2. The van der Waals surface area contributed by atoms with Crippen molar-refractivity contribution in [2.24, 2.45) is 16.7 Å². The summed E-state index contributed by atoms with van der Waals surface area (Å²) in [6.45, 7) is 5.71. The van der Waals surface area contributed by atoms with Crippen molar-refractivity contribution >= 4 is 17.8 Å². The van der Waals surface area contributed by atoms with Gasteiger partial charge in [-0.05, 0) is 24.2 Å². The molecule has 0 aromatic rings. The Labute approximate surface area is 94.0 Å². The first-order chi connectivity index (χ1) is 7.32. The summed E-state index contributed by atoms with van der Waals surface area (Å²) in [5.74, 6) is -0.942. The molecule has 2 N–H and O–H groups in total. The average Bonchev–Trinajstić information content (AvgIpc) is 2.35. The van der Waals surface area contributed by atoms with Gasteiger partial charge in [-0.1, -0.05) is 20.8 Å². The number of carbonyl (C=O) groups excluding carboxylic acids is 3. The van der Waals surface area contributed by atoms with Gasteiger partial charge in [-0.3, -0.25) is 20.2 Å². The second-order valence-corrected chi connectivity index (χ2v) is 5.37. The largest absolute Gasteiger partial charge is 0.328 e. The number of carbonyl (C=O) groups is 3. The fraction of sp³-hybridized carbons (Fsp3) is 0.727. The molecule has 1 aliphatic heterocycles. The van der Waals surface area contributed by atoms with Crippen LogP contribution in [0.1, 0.15) is 33.6 Å². The summed E-state index contributed by atoms with van der Waals surface area (Å²) in [5.41, 5.74) is -1.51. The molecule has 4 amide bonds. The minimum Gasteiger partial charge on any atom is -0.277 e. The van der Waals surface area contributed by atoms with Gasteiger partial charge in [-0.25, -0.2) is 4.79 Å². The van der Waals surface area contributed by atoms with Gasteiger partial charge in [-0.2, -0.15) is 0 Å². The van der Waals surface area contributed by atoms with Crippen LogP contribution in [0.25, 0.3) is 0 Å². The Morgan fingerprint density at radius 1 is 1.12 bits per heavy atom. The van der Waals surface area contributed by atoms with E-state index in [1.165, 1.54) is 0 Å². The molecule has 1 saturated heterocycles. The van der Waals surface area contributed by atoms with Gasteiger partial charge in [0.2, 0.25) is 11.8 Å². The summed E-state index contributed by atoms with van der Waals surface area (Å²) in [6.07, 6.45) is 1.63. The minimum absolute atomic E-state index is 0.0457. The molecule has 5 nitrogen and oxygen atoms in total. The SMILES string of the molecule is CC1CCC(C)(C)C12C(=O)NC(=O)NC2=O. The first kappa shape index (κ1) is 11.1. The highest BCUT2D eigenvalue weighted by molar-refractivity contribution is 6.20. The van der Waals surface area contributed by atoms with Crippen molar-refractivity contribution in [2.45, 2.75) is 33.6 Å². The monoisotopic (exact) mass is 224 g/mol. The molecule has 2 rings (SSSR count). The van der Waals surface area contributed by atoms with Crippen molar-refractivity contribution in [3.8, 4) is 0 Å². The van der Waals surface area contributed by atoms with E-state index in [0.717, 1.165) is 12.8 Å². The predicted molar refractivity (Wildman–Crippen MR) is 56.3 cm³/mol. The molecule has 1 atom stereocenters. The van der Waals surface area contributed by atoms with Crippen molar-refractivity contribution in [1.82, 2.24) is 10.6 Å². The van der Waals surface area contributed by atoms with Crippen molar-refractivity contribution in [1.29, 1.82) is 0 Å². The third-order valence-electron chi connectivity index (χ3n) is 4.18. The van der Waals surface area contributed by atoms with E-state index in [9.17, 15) is 14.4 Å². The molecule has 0 radical (unpaired) electrons. The minimum atomic E-state index is -1.10. The lowest BCUT2D eigenvalue weighted by Crippen LogP contribution is -2.67. The molecule has 1 unspecified atom stereocenters. The fourth-order valence-corrected chi connectivity index (χ4v) is 3.26. The molecule has 88 valence electrons. The molecular weight excluding hydrogens is 208 g/mol. The molecule has 0 aromatic carbocycles.